The van der Waals surface area contributed by atoms with Crippen LogP contribution in [0.5, 0.6) is 5.75 Å². The number of hydrogen-bond acceptors (Lipinski definition) is 8. The van der Waals surface area contributed by atoms with Gasteiger partial charge in [-0.25, -0.2) is 17.8 Å². The maximum Gasteiger partial charge on any atom is 0.259 e. The molecule has 0 bridgehead atoms. The molecule has 11 nitrogen and oxygen atoms in total. The van der Waals surface area contributed by atoms with Gasteiger partial charge in [0.15, 0.2) is 0 Å². The van der Waals surface area contributed by atoms with Crippen molar-refractivity contribution in [2.45, 2.75) is 119 Å². The van der Waals surface area contributed by atoms with E-state index in [0.29, 0.717) is 49.1 Å². The van der Waals surface area contributed by atoms with E-state index in [1.54, 1.807) is 26.0 Å². The first-order valence-electron chi connectivity index (χ1n) is 20.0. The fourth-order valence-corrected chi connectivity index (χ4v) is 10.2. The minimum Gasteiger partial charge on any atom is -0.483 e. The average Bonchev–Trinajstić information content (AvgIpc) is 4.07. The fourth-order valence-electron chi connectivity index (χ4n) is 8.86. The second kappa shape index (κ2) is 14.4. The summed E-state index contributed by atoms with van der Waals surface area (Å²) in [6.07, 6.45) is 9.98. The molecule has 2 aliphatic carbocycles. The number of aryl methyl sites for hydroxylation is 1. The van der Waals surface area contributed by atoms with Crippen molar-refractivity contribution in [3.63, 3.8) is 0 Å². The predicted octanol–water partition coefficient (Wildman–Crippen LogP) is 6.08. The van der Waals surface area contributed by atoms with Crippen molar-refractivity contribution in [3.8, 4) is 17.0 Å². The van der Waals surface area contributed by atoms with Crippen molar-refractivity contribution in [3.05, 3.63) is 72.1 Å². The van der Waals surface area contributed by atoms with Gasteiger partial charge in [-0.1, -0.05) is 62.2 Å². The fraction of sp³-hybridized carbons (Fsp3) is 0.512. The van der Waals surface area contributed by atoms with E-state index >= 15 is 0 Å². The molecule has 1 aromatic heterocycles. The first-order chi connectivity index (χ1) is 26.8. The zero-order valence-electron chi connectivity index (χ0n) is 31.9. The molecule has 56 heavy (non-hydrogen) atoms. The maximum atomic E-state index is 14.8. The van der Waals surface area contributed by atoms with Crippen LogP contribution in [0, 0.1) is 17.7 Å². The lowest BCUT2D eigenvalue weighted by molar-refractivity contribution is -0.144. The molecule has 4 heterocycles. The van der Waals surface area contributed by atoms with Crippen molar-refractivity contribution >= 4 is 44.4 Å². The van der Waals surface area contributed by atoms with E-state index in [1.807, 2.05) is 36.4 Å². The summed E-state index contributed by atoms with van der Waals surface area (Å²) >= 11 is 0. The lowest BCUT2D eigenvalue weighted by Crippen LogP contribution is -2.57. The molecule has 1 saturated heterocycles. The third-order valence-electron chi connectivity index (χ3n) is 12.8. The number of allylic oxidation sites excluding steroid dienone is 1. The van der Waals surface area contributed by atoms with E-state index in [4.69, 9.17) is 9.72 Å². The minimum absolute atomic E-state index is 0.0401. The second-order valence-electron chi connectivity index (χ2n) is 16.8. The van der Waals surface area contributed by atoms with Crippen LogP contribution in [0.2, 0.25) is 0 Å². The first kappa shape index (κ1) is 38.2. The molecule has 0 radical (unpaired) electrons. The number of benzene rings is 2. The van der Waals surface area contributed by atoms with Crippen LogP contribution in [0.1, 0.15) is 96.5 Å². The molecule has 3 amide bonds. The molecule has 13 heteroatoms. The number of carbonyl (C=O) groups is 4. The number of ether oxygens (including phenoxy) is 1. The van der Waals surface area contributed by atoms with Crippen LogP contribution in [0.15, 0.2) is 60.7 Å². The Labute approximate surface area is 326 Å². The Morgan fingerprint density at radius 3 is 2.62 bits per heavy atom. The summed E-state index contributed by atoms with van der Waals surface area (Å²) in [4.78, 5) is 62.8. The third-order valence-corrected chi connectivity index (χ3v) is 14.9. The van der Waals surface area contributed by atoms with Gasteiger partial charge in [0.25, 0.3) is 5.91 Å². The number of nitrogens with one attached hydrogen (secondary N) is 2. The molecule has 3 fully saturated rings. The van der Waals surface area contributed by atoms with E-state index in [-0.39, 0.29) is 43.9 Å². The van der Waals surface area contributed by atoms with Gasteiger partial charge in [-0.3, -0.25) is 23.9 Å². The SMILES string of the molecule is CCC(=O)C[C@H]1CCCCC/C=C\[C@@H]2C[C@@]2(C(=O)NS(=O)(=O)C2(C)CC2)NC(=O)[C@@H]2C[C@]3(CCc4c(c(-c5cccc(F)c5)nc5ccccc45)O3)CN2C1=O. The van der Waals surface area contributed by atoms with Gasteiger partial charge < -0.3 is 15.0 Å². The van der Waals surface area contributed by atoms with Crippen molar-refractivity contribution < 1.29 is 36.7 Å². The van der Waals surface area contributed by atoms with Crippen LogP contribution >= 0.6 is 0 Å². The van der Waals surface area contributed by atoms with Crippen LogP contribution in [-0.4, -0.2) is 70.3 Å². The summed E-state index contributed by atoms with van der Waals surface area (Å²) in [5.74, 6) is -2.75. The van der Waals surface area contributed by atoms with Crippen molar-refractivity contribution in [2.24, 2.45) is 11.8 Å². The molecule has 2 aromatic carbocycles. The lowest BCUT2D eigenvalue weighted by atomic mass is 9.86. The zero-order chi connectivity index (χ0) is 39.5. The maximum absolute atomic E-state index is 14.8. The molecule has 3 aromatic rings. The molecular formula is C43H49FN4O7S. The number of pyridine rings is 1. The first-order valence-corrected chi connectivity index (χ1v) is 21.5. The zero-order valence-corrected chi connectivity index (χ0v) is 32.8. The molecular weight excluding hydrogens is 736 g/mol. The Hall–Kier alpha value is -4.65. The highest BCUT2D eigenvalue weighted by molar-refractivity contribution is 7.91. The van der Waals surface area contributed by atoms with E-state index < -0.39 is 61.4 Å². The minimum atomic E-state index is -3.99. The largest absolute Gasteiger partial charge is 0.483 e. The van der Waals surface area contributed by atoms with Crippen LogP contribution in [0.3, 0.4) is 0 Å². The van der Waals surface area contributed by atoms with Crippen LogP contribution in [-0.2, 0) is 35.6 Å². The third kappa shape index (κ3) is 7.00. The summed E-state index contributed by atoms with van der Waals surface area (Å²) in [7, 11) is -3.99. The van der Waals surface area contributed by atoms with Crippen LogP contribution < -0.4 is 14.8 Å². The van der Waals surface area contributed by atoms with E-state index in [1.165, 1.54) is 17.0 Å². The van der Waals surface area contributed by atoms with Crippen molar-refractivity contribution in [2.75, 3.05) is 6.54 Å². The highest BCUT2D eigenvalue weighted by atomic mass is 32.2. The van der Waals surface area contributed by atoms with Gasteiger partial charge in [-0.2, -0.15) is 0 Å². The number of para-hydroxylation sites is 1. The molecule has 3 aliphatic heterocycles. The molecule has 8 rings (SSSR count). The molecule has 5 atom stereocenters. The van der Waals surface area contributed by atoms with E-state index in [2.05, 4.69) is 10.0 Å². The summed E-state index contributed by atoms with van der Waals surface area (Å²) in [6.45, 7) is 3.42. The number of rotatable bonds is 7. The quantitative estimate of drug-likeness (QED) is 0.274. The number of sulfonamides is 1. The van der Waals surface area contributed by atoms with Gasteiger partial charge in [0.2, 0.25) is 21.8 Å². The smallest absolute Gasteiger partial charge is 0.259 e. The molecule has 2 N–H and O–H groups in total. The monoisotopic (exact) mass is 784 g/mol. The highest BCUT2D eigenvalue weighted by Crippen LogP contribution is 2.50. The Bertz CT molecular complexity index is 2260. The number of aromatic nitrogens is 1. The van der Waals surface area contributed by atoms with Crippen molar-refractivity contribution in [1.82, 2.24) is 19.9 Å². The number of nitrogens with zero attached hydrogens (tertiary/aromatic N) is 2. The Morgan fingerprint density at radius 1 is 1.05 bits per heavy atom. The highest BCUT2D eigenvalue weighted by Gasteiger charge is 2.64. The van der Waals surface area contributed by atoms with Crippen molar-refractivity contribution in [1.29, 1.82) is 0 Å². The lowest BCUT2D eigenvalue weighted by Gasteiger charge is -2.37. The summed E-state index contributed by atoms with van der Waals surface area (Å²) in [5.41, 5.74) is 0.0560. The molecule has 0 unspecified atom stereocenters. The topological polar surface area (TPSA) is 152 Å². The molecule has 5 aliphatic rings. The van der Waals surface area contributed by atoms with E-state index in [9.17, 15) is 32.0 Å². The number of hydrogen-bond donors (Lipinski definition) is 2. The van der Waals surface area contributed by atoms with Gasteiger partial charge in [0, 0.05) is 47.6 Å². The van der Waals surface area contributed by atoms with E-state index in [0.717, 1.165) is 42.1 Å². The summed E-state index contributed by atoms with van der Waals surface area (Å²) < 4.78 is 49.4. The Morgan fingerprint density at radius 2 is 1.86 bits per heavy atom. The van der Waals surface area contributed by atoms with Gasteiger partial charge in [-0.15, -0.1) is 0 Å². The van der Waals surface area contributed by atoms with Gasteiger partial charge >= 0.3 is 0 Å². The molecule has 2 saturated carbocycles. The number of carbonyl (C=O) groups excluding carboxylic acids is 4. The van der Waals surface area contributed by atoms with Gasteiger partial charge in [0.1, 0.15) is 40.2 Å². The number of ketones is 1. The molecule has 1 spiro atoms. The number of fused-ring (bicyclic) bond motifs is 5. The number of Topliss-reactive ketones (excluding diaryl/α,β-unsaturated/α-hetero) is 1. The molecule has 296 valence electrons. The van der Waals surface area contributed by atoms with Gasteiger partial charge in [0.05, 0.1) is 16.8 Å². The Balaban J connectivity index is 1.18. The number of halogens is 1. The second-order valence-corrected chi connectivity index (χ2v) is 19.0. The normalized spacial score (nSPS) is 29.1. The van der Waals surface area contributed by atoms with Gasteiger partial charge in [-0.05, 0) is 76.5 Å². The summed E-state index contributed by atoms with van der Waals surface area (Å²) in [5, 5.41) is 3.86. The predicted molar refractivity (Wildman–Crippen MR) is 208 cm³/mol. The standard InChI is InChI=1S/C43H49FN4O7S/c1-3-31(49)23-28-12-7-5-4-6-8-14-29-24-43(29,40(52)47-56(53,54)41(2)20-21-41)46-38(50)35-25-42(26-48(35)39(28)51)19-18-33-32-16-9-10-17-34(32)45-36(37(33)55-42)27-13-11-15-30(44)22-27/h8-11,13-17,22,28-29,35H,3-7,12,18-21,23-26H2,1-2H3,(H,46,50)(H,47,52)/b14-8-/t28-,29-,35+,42-,43-/m1/s1. The number of amides is 3. The van der Waals surface area contributed by atoms with Crippen LogP contribution in [0.25, 0.3) is 22.2 Å². The average molecular weight is 785 g/mol. The Kier molecular flexibility index (Phi) is 9.82. The van der Waals surface area contributed by atoms with Crippen LogP contribution in [0.4, 0.5) is 4.39 Å². The summed E-state index contributed by atoms with van der Waals surface area (Å²) in [6, 6.07) is 12.8.